The Morgan fingerprint density at radius 1 is 1.44 bits per heavy atom. The molecule has 3 atom stereocenters. The quantitative estimate of drug-likeness (QED) is 0.735. The first kappa shape index (κ1) is 15.9. The highest BCUT2D eigenvalue weighted by Crippen LogP contribution is 2.37. The lowest BCUT2D eigenvalue weighted by Crippen LogP contribution is -2.55. The number of nitrogens with two attached hydrogens (primary N) is 1. The predicted molar refractivity (Wildman–Crippen MR) is 93.4 cm³/mol. The first-order valence-corrected chi connectivity index (χ1v) is 8.52. The molecule has 0 saturated heterocycles. The highest BCUT2D eigenvalue weighted by Gasteiger charge is 2.35. The summed E-state index contributed by atoms with van der Waals surface area (Å²) in [5, 5.41) is 7.02. The number of hydrogen-bond donors (Lipinski definition) is 3. The van der Waals surface area contributed by atoms with E-state index in [0.717, 1.165) is 24.9 Å². The third-order valence-electron chi connectivity index (χ3n) is 5.03. The molecule has 0 spiro atoms. The molecular formula is C17H21N5O3. The zero-order valence-electron chi connectivity index (χ0n) is 14.0. The van der Waals surface area contributed by atoms with Gasteiger partial charge in [0.05, 0.1) is 5.69 Å². The molecule has 1 aliphatic carbocycles. The second-order valence-corrected chi connectivity index (χ2v) is 6.78. The van der Waals surface area contributed by atoms with Crippen LogP contribution >= 0.6 is 0 Å². The van der Waals surface area contributed by atoms with Crippen molar-refractivity contribution >= 4 is 29.0 Å². The van der Waals surface area contributed by atoms with Crippen LogP contribution in [-0.4, -0.2) is 36.3 Å². The second-order valence-electron chi connectivity index (χ2n) is 6.78. The number of carbonyl (C=O) groups is 2. The minimum absolute atomic E-state index is 0.0112. The summed E-state index contributed by atoms with van der Waals surface area (Å²) in [5.41, 5.74) is 9.79. The summed E-state index contributed by atoms with van der Waals surface area (Å²) in [6, 6.07) is 5.16. The van der Waals surface area contributed by atoms with Crippen molar-refractivity contribution in [2.75, 3.05) is 16.8 Å². The van der Waals surface area contributed by atoms with Gasteiger partial charge in [0.25, 0.3) is 5.91 Å². The Kier molecular flexibility index (Phi) is 3.84. The van der Waals surface area contributed by atoms with E-state index in [1.54, 1.807) is 6.07 Å². The third kappa shape index (κ3) is 2.82. The van der Waals surface area contributed by atoms with Crippen LogP contribution in [0, 0.1) is 5.92 Å². The van der Waals surface area contributed by atoms with E-state index in [0.29, 0.717) is 23.9 Å². The first-order chi connectivity index (χ1) is 12.0. The van der Waals surface area contributed by atoms with Crippen LogP contribution in [0.15, 0.2) is 23.3 Å². The van der Waals surface area contributed by atoms with Gasteiger partial charge in [-0.1, -0.05) is 0 Å². The lowest BCUT2D eigenvalue weighted by Gasteiger charge is -2.38. The lowest BCUT2D eigenvalue weighted by molar-refractivity contribution is -0.122. The number of hydrogen-bond acceptors (Lipinski definition) is 6. The van der Waals surface area contributed by atoms with Gasteiger partial charge < -0.3 is 20.7 Å². The van der Waals surface area contributed by atoms with Crippen LogP contribution < -0.4 is 26.1 Å². The van der Waals surface area contributed by atoms with Crippen molar-refractivity contribution in [2.45, 2.75) is 38.3 Å². The van der Waals surface area contributed by atoms with Crippen molar-refractivity contribution in [1.29, 1.82) is 0 Å². The maximum Gasteiger partial charge on any atom is 0.262 e. The lowest BCUT2D eigenvalue weighted by atomic mass is 10.1. The van der Waals surface area contributed by atoms with E-state index in [4.69, 9.17) is 10.5 Å². The van der Waals surface area contributed by atoms with Crippen LogP contribution in [0.4, 0.5) is 11.4 Å². The molecule has 1 fully saturated rings. The summed E-state index contributed by atoms with van der Waals surface area (Å²) in [6.45, 7) is 2.10. The fourth-order valence-corrected chi connectivity index (χ4v) is 3.60. The molecule has 2 heterocycles. The van der Waals surface area contributed by atoms with Gasteiger partial charge >= 0.3 is 0 Å². The van der Waals surface area contributed by atoms with Crippen LogP contribution in [-0.2, 0) is 9.59 Å². The van der Waals surface area contributed by atoms with Crippen LogP contribution in [0.5, 0.6) is 5.75 Å². The minimum atomic E-state index is -0.395. The standard InChI is InChI=1S/C17H21N5O3/c1-9-16(23)21-20-15-8-25-14-5-4-12(7-13(14)22(9)15)19-17(24)10-2-3-11(18)6-10/h4-5,7,9-11H,2-3,6,8,18H2,1H3,(H,19,24)(H,21,23)/t9-,10+,11-/m0/s1. The summed E-state index contributed by atoms with van der Waals surface area (Å²) in [6.07, 6.45) is 2.43. The summed E-state index contributed by atoms with van der Waals surface area (Å²) in [7, 11) is 0. The molecule has 3 aliphatic rings. The van der Waals surface area contributed by atoms with Crippen molar-refractivity contribution in [2.24, 2.45) is 16.8 Å². The molecule has 4 N–H and O–H groups in total. The molecule has 2 aliphatic heterocycles. The van der Waals surface area contributed by atoms with Gasteiger partial charge in [0, 0.05) is 17.6 Å². The topological polar surface area (TPSA) is 109 Å². The van der Waals surface area contributed by atoms with E-state index in [-0.39, 0.29) is 23.8 Å². The van der Waals surface area contributed by atoms with Crippen molar-refractivity contribution in [3.8, 4) is 5.75 Å². The third-order valence-corrected chi connectivity index (χ3v) is 5.03. The van der Waals surface area contributed by atoms with Crippen molar-refractivity contribution in [3.63, 3.8) is 0 Å². The molecule has 8 heteroatoms. The molecule has 0 aromatic heterocycles. The average Bonchev–Trinajstić information content (AvgIpc) is 3.04. The van der Waals surface area contributed by atoms with E-state index in [9.17, 15) is 9.59 Å². The molecule has 132 valence electrons. The zero-order valence-corrected chi connectivity index (χ0v) is 14.0. The van der Waals surface area contributed by atoms with E-state index in [1.165, 1.54) is 0 Å². The zero-order chi connectivity index (χ0) is 17.6. The highest BCUT2D eigenvalue weighted by atomic mass is 16.5. The van der Waals surface area contributed by atoms with Gasteiger partial charge in [-0.15, -0.1) is 0 Å². The maximum absolute atomic E-state index is 12.4. The Balaban J connectivity index is 1.59. The number of nitrogens with zero attached hydrogens (tertiary/aromatic N) is 2. The molecule has 8 nitrogen and oxygen atoms in total. The number of fused-ring (bicyclic) bond motifs is 3. The predicted octanol–water partition coefficient (Wildman–Crippen LogP) is 0.783. The van der Waals surface area contributed by atoms with E-state index in [2.05, 4.69) is 15.8 Å². The molecular weight excluding hydrogens is 322 g/mol. The Hall–Kier alpha value is -2.61. The number of anilines is 2. The van der Waals surface area contributed by atoms with E-state index >= 15 is 0 Å². The van der Waals surface area contributed by atoms with Crippen LogP contribution in [0.25, 0.3) is 0 Å². The molecule has 1 aromatic rings. The maximum atomic E-state index is 12.4. The average molecular weight is 343 g/mol. The van der Waals surface area contributed by atoms with Gasteiger partial charge in [-0.3, -0.25) is 9.59 Å². The number of amides is 2. The summed E-state index contributed by atoms with van der Waals surface area (Å²) in [4.78, 5) is 26.2. The van der Waals surface area contributed by atoms with Crippen molar-refractivity contribution < 1.29 is 14.3 Å². The van der Waals surface area contributed by atoms with Crippen molar-refractivity contribution in [1.82, 2.24) is 5.43 Å². The van der Waals surface area contributed by atoms with E-state index in [1.807, 2.05) is 24.0 Å². The number of amidine groups is 1. The Morgan fingerprint density at radius 2 is 2.28 bits per heavy atom. The van der Waals surface area contributed by atoms with Crippen LogP contribution in [0.1, 0.15) is 26.2 Å². The molecule has 0 bridgehead atoms. The summed E-state index contributed by atoms with van der Waals surface area (Å²) in [5.74, 6) is 1.08. The molecule has 1 saturated carbocycles. The van der Waals surface area contributed by atoms with Gasteiger partial charge in [0.15, 0.2) is 5.84 Å². The minimum Gasteiger partial charge on any atom is -0.483 e. The number of hydrazone groups is 1. The SMILES string of the molecule is C[C@H]1C(=O)NN=C2COc3ccc(NC(=O)[C@@H]4CC[C@H](N)C4)cc3N21. The molecule has 0 unspecified atom stereocenters. The van der Waals surface area contributed by atoms with E-state index < -0.39 is 6.04 Å². The van der Waals surface area contributed by atoms with Crippen LogP contribution in [0.3, 0.4) is 0 Å². The van der Waals surface area contributed by atoms with Gasteiger partial charge in [0.1, 0.15) is 18.4 Å². The fraction of sp³-hybridized carbons (Fsp3) is 0.471. The Labute approximate surface area is 145 Å². The highest BCUT2D eigenvalue weighted by molar-refractivity contribution is 6.09. The van der Waals surface area contributed by atoms with Gasteiger partial charge in [-0.25, -0.2) is 5.43 Å². The first-order valence-electron chi connectivity index (χ1n) is 8.52. The summed E-state index contributed by atoms with van der Waals surface area (Å²) < 4.78 is 5.70. The Morgan fingerprint density at radius 3 is 3.04 bits per heavy atom. The smallest absolute Gasteiger partial charge is 0.262 e. The molecule has 25 heavy (non-hydrogen) atoms. The number of rotatable bonds is 2. The summed E-state index contributed by atoms with van der Waals surface area (Å²) >= 11 is 0. The second kappa shape index (κ2) is 6.03. The molecule has 0 radical (unpaired) electrons. The van der Waals surface area contributed by atoms with Gasteiger partial charge in [0.2, 0.25) is 5.91 Å². The number of ether oxygens (including phenoxy) is 1. The number of benzene rings is 1. The Bertz CT molecular complexity index is 763. The molecule has 4 rings (SSSR count). The monoisotopic (exact) mass is 343 g/mol. The normalized spacial score (nSPS) is 27.6. The van der Waals surface area contributed by atoms with Gasteiger partial charge in [-0.05, 0) is 44.4 Å². The largest absolute Gasteiger partial charge is 0.483 e. The van der Waals surface area contributed by atoms with Crippen LogP contribution in [0.2, 0.25) is 0 Å². The number of nitrogens with one attached hydrogen (secondary N) is 2. The molecule has 1 aromatic carbocycles. The number of carbonyl (C=O) groups excluding carboxylic acids is 2. The molecule has 2 amide bonds. The fourth-order valence-electron chi connectivity index (χ4n) is 3.60. The van der Waals surface area contributed by atoms with Crippen molar-refractivity contribution in [3.05, 3.63) is 18.2 Å². The van der Waals surface area contributed by atoms with Gasteiger partial charge in [-0.2, -0.15) is 5.10 Å².